The fraction of sp³-hybridized carbons (Fsp3) is 0.133. The molecule has 0 saturated carbocycles. The van der Waals surface area contributed by atoms with Gasteiger partial charge in [0.25, 0.3) is 0 Å². The number of hydrogen-bond acceptors (Lipinski definition) is 3. The van der Waals surface area contributed by atoms with Gasteiger partial charge in [0.1, 0.15) is 0 Å². The van der Waals surface area contributed by atoms with Crippen molar-refractivity contribution < 1.29 is 9.90 Å². The Kier molecular flexibility index (Phi) is 4.98. The summed E-state index contributed by atoms with van der Waals surface area (Å²) in [4.78, 5) is 14.0. The van der Waals surface area contributed by atoms with E-state index in [1.165, 1.54) is 4.88 Å². The second-order valence-electron chi connectivity index (χ2n) is 4.32. The summed E-state index contributed by atoms with van der Waals surface area (Å²) in [6.07, 6.45) is 2.72. The molecule has 0 radical (unpaired) electrons. The van der Waals surface area contributed by atoms with Crippen molar-refractivity contribution in [1.29, 1.82) is 0 Å². The first-order valence-electron chi connectivity index (χ1n) is 6.00. The van der Waals surface area contributed by atoms with E-state index in [9.17, 15) is 4.79 Å². The maximum Gasteiger partial charge on any atom is 0.328 e. The Balaban J connectivity index is 2.14. The topological polar surface area (TPSA) is 40.5 Å². The first-order chi connectivity index (χ1) is 9.56. The molecule has 0 amide bonds. The van der Waals surface area contributed by atoms with Crippen LogP contribution in [0.15, 0.2) is 46.3 Å². The number of carbonyl (C=O) groups is 1. The van der Waals surface area contributed by atoms with Crippen molar-refractivity contribution in [2.24, 2.45) is 0 Å². The van der Waals surface area contributed by atoms with Crippen molar-refractivity contribution >= 4 is 45.0 Å². The van der Waals surface area contributed by atoms with E-state index in [2.05, 4.69) is 32.3 Å². The molecule has 1 heterocycles. The lowest BCUT2D eigenvalue weighted by atomic mass is 10.2. The first kappa shape index (κ1) is 14.8. The molecule has 3 nitrogen and oxygen atoms in total. The molecule has 0 atom stereocenters. The van der Waals surface area contributed by atoms with Crippen LogP contribution in [0.5, 0.6) is 0 Å². The van der Waals surface area contributed by atoms with Crippen molar-refractivity contribution in [3.05, 3.63) is 56.7 Å². The van der Waals surface area contributed by atoms with Gasteiger partial charge in [-0.25, -0.2) is 4.79 Å². The minimum atomic E-state index is -0.944. The summed E-state index contributed by atoms with van der Waals surface area (Å²) in [5, 5.41) is 10.7. The summed E-state index contributed by atoms with van der Waals surface area (Å²) in [6.45, 7) is 0.848. The van der Waals surface area contributed by atoms with Crippen molar-refractivity contribution in [2.45, 2.75) is 6.54 Å². The molecule has 0 fully saturated rings. The molecule has 0 aliphatic carbocycles. The van der Waals surface area contributed by atoms with Gasteiger partial charge in [0.2, 0.25) is 0 Å². The summed E-state index contributed by atoms with van der Waals surface area (Å²) >= 11 is 5.27. The number of nitrogens with zero attached hydrogens (tertiary/aromatic N) is 1. The second kappa shape index (κ2) is 6.72. The van der Waals surface area contributed by atoms with Crippen LogP contribution in [0.1, 0.15) is 10.4 Å². The van der Waals surface area contributed by atoms with Crippen molar-refractivity contribution in [3.63, 3.8) is 0 Å². The first-order valence-corrected chi connectivity index (χ1v) is 7.67. The lowest BCUT2D eigenvalue weighted by Crippen LogP contribution is -2.16. The van der Waals surface area contributed by atoms with Gasteiger partial charge in [0.15, 0.2) is 0 Å². The highest BCUT2D eigenvalue weighted by atomic mass is 79.9. The highest BCUT2D eigenvalue weighted by Gasteiger charge is 2.07. The zero-order chi connectivity index (χ0) is 14.5. The van der Waals surface area contributed by atoms with Crippen molar-refractivity contribution in [1.82, 2.24) is 0 Å². The fourth-order valence-corrected chi connectivity index (χ4v) is 3.28. The molecule has 0 aliphatic heterocycles. The number of rotatable bonds is 5. The zero-order valence-electron chi connectivity index (χ0n) is 10.9. The van der Waals surface area contributed by atoms with Crippen LogP contribution in [-0.4, -0.2) is 18.1 Å². The van der Waals surface area contributed by atoms with E-state index < -0.39 is 5.97 Å². The summed E-state index contributed by atoms with van der Waals surface area (Å²) in [5.74, 6) is -0.944. The summed E-state index contributed by atoms with van der Waals surface area (Å²) in [7, 11) is 2.03. The average Bonchev–Trinajstić information content (AvgIpc) is 2.89. The smallest absolute Gasteiger partial charge is 0.328 e. The van der Waals surface area contributed by atoms with E-state index in [-0.39, 0.29) is 0 Å². The zero-order valence-corrected chi connectivity index (χ0v) is 13.3. The van der Waals surface area contributed by atoms with Gasteiger partial charge in [-0.3, -0.25) is 0 Å². The van der Waals surface area contributed by atoms with Crippen LogP contribution in [0.2, 0.25) is 0 Å². The van der Waals surface area contributed by atoms with Crippen LogP contribution in [0.4, 0.5) is 5.69 Å². The summed E-state index contributed by atoms with van der Waals surface area (Å²) in [5.41, 5.74) is 1.93. The fourth-order valence-electron chi connectivity index (χ4n) is 1.83. The molecular formula is C15H14BrNO2S. The second-order valence-corrected chi connectivity index (χ2v) is 6.20. The molecule has 1 N–H and O–H groups in total. The van der Waals surface area contributed by atoms with Crippen molar-refractivity contribution in [3.8, 4) is 0 Å². The SMILES string of the molecule is CN(Cc1cccs1)c1ccc(/C=C/C(=O)O)cc1Br. The molecule has 0 aliphatic rings. The third-order valence-electron chi connectivity index (χ3n) is 2.77. The van der Waals surface area contributed by atoms with E-state index in [4.69, 9.17) is 5.11 Å². The maximum atomic E-state index is 10.5. The Morgan fingerprint density at radius 1 is 1.45 bits per heavy atom. The average molecular weight is 352 g/mol. The van der Waals surface area contributed by atoms with Crippen LogP contribution < -0.4 is 4.90 Å². The number of halogens is 1. The van der Waals surface area contributed by atoms with Crippen LogP contribution in [-0.2, 0) is 11.3 Å². The van der Waals surface area contributed by atoms with E-state index in [1.54, 1.807) is 17.4 Å². The Morgan fingerprint density at radius 2 is 2.25 bits per heavy atom. The summed E-state index contributed by atoms with van der Waals surface area (Å²) in [6, 6.07) is 9.96. The minimum Gasteiger partial charge on any atom is -0.478 e. The Bertz CT molecular complexity index is 623. The van der Waals surface area contributed by atoms with Gasteiger partial charge in [-0.2, -0.15) is 0 Å². The molecule has 2 rings (SSSR count). The molecule has 0 unspecified atom stereocenters. The van der Waals surface area contributed by atoms with Crippen molar-refractivity contribution in [2.75, 3.05) is 11.9 Å². The maximum absolute atomic E-state index is 10.5. The number of carboxylic acid groups (broad SMARTS) is 1. The van der Waals surface area contributed by atoms with Gasteiger partial charge in [-0.05, 0) is 51.1 Å². The lowest BCUT2D eigenvalue weighted by molar-refractivity contribution is -0.131. The molecule has 104 valence electrons. The van der Waals surface area contributed by atoms with E-state index in [1.807, 2.05) is 31.3 Å². The number of aliphatic carboxylic acids is 1. The largest absolute Gasteiger partial charge is 0.478 e. The van der Waals surface area contributed by atoms with Gasteiger partial charge >= 0.3 is 5.97 Å². The normalized spacial score (nSPS) is 10.9. The monoisotopic (exact) mass is 351 g/mol. The summed E-state index contributed by atoms with van der Waals surface area (Å²) < 4.78 is 0.948. The van der Waals surface area contributed by atoms with E-state index in [0.29, 0.717) is 0 Å². The molecular weight excluding hydrogens is 338 g/mol. The van der Waals surface area contributed by atoms with Crippen LogP contribution in [0.25, 0.3) is 6.08 Å². The number of hydrogen-bond donors (Lipinski definition) is 1. The van der Waals surface area contributed by atoms with E-state index >= 15 is 0 Å². The third-order valence-corrected chi connectivity index (χ3v) is 4.27. The minimum absolute atomic E-state index is 0.848. The molecule has 2 aromatic rings. The molecule has 0 bridgehead atoms. The number of thiophene rings is 1. The van der Waals surface area contributed by atoms with Gasteiger partial charge in [-0.15, -0.1) is 11.3 Å². The quantitative estimate of drug-likeness (QED) is 0.818. The lowest BCUT2D eigenvalue weighted by Gasteiger charge is -2.20. The van der Waals surface area contributed by atoms with Crippen LogP contribution >= 0.6 is 27.3 Å². The van der Waals surface area contributed by atoms with Gasteiger partial charge in [0, 0.05) is 22.5 Å². The molecule has 0 spiro atoms. The molecule has 20 heavy (non-hydrogen) atoms. The van der Waals surface area contributed by atoms with Gasteiger partial charge < -0.3 is 10.0 Å². The highest BCUT2D eigenvalue weighted by Crippen LogP contribution is 2.28. The predicted molar refractivity (Wildman–Crippen MR) is 87.2 cm³/mol. The van der Waals surface area contributed by atoms with Gasteiger partial charge in [0.05, 0.1) is 12.2 Å². The predicted octanol–water partition coefficient (Wildman–Crippen LogP) is 4.24. The standard InChI is InChI=1S/C15H14BrNO2S/c1-17(10-12-3-2-8-20-12)14-6-4-11(9-13(14)16)5-7-15(18)19/h2-9H,10H2,1H3,(H,18,19)/b7-5+. The molecule has 1 aromatic carbocycles. The molecule has 1 aromatic heterocycles. The van der Waals surface area contributed by atoms with Gasteiger partial charge in [-0.1, -0.05) is 12.1 Å². The van der Waals surface area contributed by atoms with Crippen LogP contribution in [0, 0.1) is 0 Å². The molecule has 5 heteroatoms. The Hall–Kier alpha value is -1.59. The Labute approximate surface area is 130 Å². The number of anilines is 1. The van der Waals surface area contributed by atoms with Crippen LogP contribution in [0.3, 0.4) is 0 Å². The Morgan fingerprint density at radius 3 is 2.85 bits per heavy atom. The van der Waals surface area contributed by atoms with E-state index in [0.717, 1.165) is 28.3 Å². The number of benzene rings is 1. The third kappa shape index (κ3) is 3.95. The highest BCUT2D eigenvalue weighted by molar-refractivity contribution is 9.10. The molecule has 0 saturated heterocycles. The number of carboxylic acids is 1.